The number of piperidine rings is 1. The van der Waals surface area contributed by atoms with E-state index in [4.69, 9.17) is 0 Å². The van der Waals surface area contributed by atoms with E-state index < -0.39 is 5.60 Å². The third-order valence-electron chi connectivity index (χ3n) is 3.41. The quantitative estimate of drug-likeness (QED) is 0.785. The second kappa shape index (κ2) is 4.33. The van der Waals surface area contributed by atoms with Crippen molar-refractivity contribution in [1.29, 1.82) is 0 Å². The molecule has 2 N–H and O–H groups in total. The molecule has 0 bridgehead atoms. The van der Waals surface area contributed by atoms with E-state index in [9.17, 15) is 5.11 Å². The van der Waals surface area contributed by atoms with Crippen molar-refractivity contribution in [2.75, 3.05) is 13.1 Å². The number of likely N-dealkylation sites (tertiary alicyclic amines) is 1. The van der Waals surface area contributed by atoms with Gasteiger partial charge in [0, 0.05) is 31.4 Å². The van der Waals surface area contributed by atoms with Gasteiger partial charge in [0.2, 0.25) is 0 Å². The van der Waals surface area contributed by atoms with Gasteiger partial charge in [-0.3, -0.25) is 10.00 Å². The van der Waals surface area contributed by atoms with E-state index in [0.29, 0.717) is 0 Å². The fourth-order valence-corrected chi connectivity index (χ4v) is 2.10. The van der Waals surface area contributed by atoms with Gasteiger partial charge in [-0.15, -0.1) is 0 Å². The van der Waals surface area contributed by atoms with Crippen LogP contribution in [0, 0.1) is 0 Å². The fourth-order valence-electron chi connectivity index (χ4n) is 2.10. The number of aliphatic hydroxyl groups is 1. The van der Waals surface area contributed by atoms with E-state index in [1.165, 1.54) is 5.56 Å². The summed E-state index contributed by atoms with van der Waals surface area (Å²) < 4.78 is 0. The van der Waals surface area contributed by atoms with Crippen molar-refractivity contribution in [3.63, 3.8) is 0 Å². The Labute approximate surface area is 90.3 Å². The third-order valence-corrected chi connectivity index (χ3v) is 3.41. The highest BCUT2D eigenvalue weighted by Gasteiger charge is 2.30. The molecule has 1 aliphatic heterocycles. The Hall–Kier alpha value is -0.870. The number of rotatable bonds is 3. The molecule has 0 unspecified atom stereocenters. The molecule has 15 heavy (non-hydrogen) atoms. The van der Waals surface area contributed by atoms with Crippen molar-refractivity contribution in [2.24, 2.45) is 0 Å². The predicted molar refractivity (Wildman–Crippen MR) is 58.3 cm³/mol. The van der Waals surface area contributed by atoms with E-state index in [2.05, 4.69) is 22.0 Å². The van der Waals surface area contributed by atoms with E-state index in [1.54, 1.807) is 0 Å². The van der Waals surface area contributed by atoms with Crippen LogP contribution in [0.3, 0.4) is 0 Å². The molecule has 2 heterocycles. The van der Waals surface area contributed by atoms with Gasteiger partial charge in [0.05, 0.1) is 11.8 Å². The van der Waals surface area contributed by atoms with Gasteiger partial charge in [-0.25, -0.2) is 0 Å². The molecule has 0 spiro atoms. The second-order valence-electron chi connectivity index (χ2n) is 4.46. The maximum atomic E-state index is 10.1. The molecule has 0 amide bonds. The van der Waals surface area contributed by atoms with Gasteiger partial charge in [-0.2, -0.15) is 5.10 Å². The normalized spacial score (nSPS) is 21.7. The first-order valence-electron chi connectivity index (χ1n) is 5.64. The number of nitrogens with zero attached hydrogens (tertiary/aromatic N) is 2. The zero-order valence-corrected chi connectivity index (χ0v) is 9.24. The highest BCUT2D eigenvalue weighted by Crippen LogP contribution is 2.25. The Kier molecular flexibility index (Phi) is 3.07. The molecule has 84 valence electrons. The van der Waals surface area contributed by atoms with Crippen LogP contribution >= 0.6 is 0 Å². The van der Waals surface area contributed by atoms with Crippen LogP contribution in [0.2, 0.25) is 0 Å². The lowest BCUT2D eigenvalue weighted by Crippen LogP contribution is -2.43. The van der Waals surface area contributed by atoms with Crippen molar-refractivity contribution < 1.29 is 5.11 Å². The van der Waals surface area contributed by atoms with E-state index in [1.807, 2.05) is 12.4 Å². The monoisotopic (exact) mass is 209 g/mol. The molecule has 0 saturated carbocycles. The molecule has 0 aromatic carbocycles. The second-order valence-corrected chi connectivity index (χ2v) is 4.46. The zero-order chi connectivity index (χ0) is 10.7. The van der Waals surface area contributed by atoms with Gasteiger partial charge in [0.1, 0.15) is 0 Å². The molecular formula is C11H19N3O. The van der Waals surface area contributed by atoms with Gasteiger partial charge in [0.25, 0.3) is 0 Å². The molecular weight excluding hydrogens is 190 g/mol. The van der Waals surface area contributed by atoms with E-state index >= 15 is 0 Å². The van der Waals surface area contributed by atoms with Crippen LogP contribution in [0.15, 0.2) is 12.4 Å². The van der Waals surface area contributed by atoms with Crippen molar-refractivity contribution in [3.8, 4) is 0 Å². The molecule has 1 aromatic rings. The Balaban J connectivity index is 1.84. The number of hydrogen-bond donors (Lipinski definition) is 2. The first kappa shape index (κ1) is 10.6. The smallest absolute Gasteiger partial charge is 0.0669 e. The maximum Gasteiger partial charge on any atom is 0.0669 e. The summed E-state index contributed by atoms with van der Waals surface area (Å²) >= 11 is 0. The first-order chi connectivity index (χ1) is 7.22. The van der Waals surface area contributed by atoms with Crippen LogP contribution in [0.1, 0.15) is 31.7 Å². The Morgan fingerprint density at radius 3 is 2.80 bits per heavy atom. The van der Waals surface area contributed by atoms with Crippen LogP contribution in [-0.4, -0.2) is 38.9 Å². The van der Waals surface area contributed by atoms with Crippen LogP contribution in [-0.2, 0) is 6.54 Å². The van der Waals surface area contributed by atoms with Crippen molar-refractivity contribution in [1.82, 2.24) is 15.1 Å². The van der Waals surface area contributed by atoms with Crippen LogP contribution in [0.25, 0.3) is 0 Å². The third kappa shape index (κ3) is 2.58. The highest BCUT2D eigenvalue weighted by molar-refractivity contribution is 5.02. The van der Waals surface area contributed by atoms with Gasteiger partial charge in [0.15, 0.2) is 0 Å². The largest absolute Gasteiger partial charge is 0.390 e. The summed E-state index contributed by atoms with van der Waals surface area (Å²) in [4.78, 5) is 2.37. The first-order valence-corrected chi connectivity index (χ1v) is 5.64. The minimum Gasteiger partial charge on any atom is -0.390 e. The lowest BCUT2D eigenvalue weighted by atomic mass is 9.89. The lowest BCUT2D eigenvalue weighted by molar-refractivity contribution is -0.0256. The van der Waals surface area contributed by atoms with E-state index in [0.717, 1.165) is 38.9 Å². The van der Waals surface area contributed by atoms with Crippen molar-refractivity contribution in [2.45, 2.75) is 38.3 Å². The Bertz CT molecular complexity index is 289. The van der Waals surface area contributed by atoms with Crippen molar-refractivity contribution >= 4 is 0 Å². The van der Waals surface area contributed by atoms with Gasteiger partial charge >= 0.3 is 0 Å². The van der Waals surface area contributed by atoms with Crippen LogP contribution in [0.5, 0.6) is 0 Å². The number of aromatic nitrogens is 2. The Morgan fingerprint density at radius 2 is 2.27 bits per heavy atom. The SMILES string of the molecule is CCC1(O)CCN(Cc2cn[nH]c2)CC1. The summed E-state index contributed by atoms with van der Waals surface area (Å²) in [6.45, 7) is 4.97. The number of H-pyrrole nitrogens is 1. The number of aromatic amines is 1. The molecule has 1 aromatic heterocycles. The fraction of sp³-hybridized carbons (Fsp3) is 0.727. The summed E-state index contributed by atoms with van der Waals surface area (Å²) in [6.07, 6.45) is 6.44. The lowest BCUT2D eigenvalue weighted by Gasteiger charge is -2.37. The molecule has 1 aliphatic rings. The maximum absolute atomic E-state index is 10.1. The molecule has 0 aliphatic carbocycles. The predicted octanol–water partition coefficient (Wildman–Crippen LogP) is 1.15. The van der Waals surface area contributed by atoms with Gasteiger partial charge < -0.3 is 5.11 Å². The molecule has 1 saturated heterocycles. The highest BCUT2D eigenvalue weighted by atomic mass is 16.3. The number of nitrogens with one attached hydrogen (secondary N) is 1. The molecule has 4 nitrogen and oxygen atoms in total. The minimum atomic E-state index is -0.410. The summed E-state index contributed by atoms with van der Waals surface area (Å²) in [5.41, 5.74) is 0.810. The molecule has 0 atom stereocenters. The Morgan fingerprint density at radius 1 is 1.53 bits per heavy atom. The molecule has 1 fully saturated rings. The minimum absolute atomic E-state index is 0.410. The summed E-state index contributed by atoms with van der Waals surface area (Å²) in [5, 5.41) is 16.8. The summed E-state index contributed by atoms with van der Waals surface area (Å²) in [6, 6.07) is 0. The summed E-state index contributed by atoms with van der Waals surface area (Å²) in [7, 11) is 0. The summed E-state index contributed by atoms with van der Waals surface area (Å²) in [5.74, 6) is 0. The zero-order valence-electron chi connectivity index (χ0n) is 9.24. The average molecular weight is 209 g/mol. The average Bonchev–Trinajstić information content (AvgIpc) is 2.75. The van der Waals surface area contributed by atoms with Crippen molar-refractivity contribution in [3.05, 3.63) is 18.0 Å². The molecule has 0 radical (unpaired) electrons. The van der Waals surface area contributed by atoms with Gasteiger partial charge in [-0.05, 0) is 19.3 Å². The van der Waals surface area contributed by atoms with Gasteiger partial charge in [-0.1, -0.05) is 6.92 Å². The number of hydrogen-bond acceptors (Lipinski definition) is 3. The standard InChI is InChI=1S/C11H19N3O/c1-2-11(15)3-5-14(6-4-11)9-10-7-12-13-8-10/h7-8,15H,2-6,9H2,1H3,(H,12,13). The van der Waals surface area contributed by atoms with Crippen LogP contribution in [0.4, 0.5) is 0 Å². The molecule has 4 heteroatoms. The van der Waals surface area contributed by atoms with Crippen LogP contribution < -0.4 is 0 Å². The van der Waals surface area contributed by atoms with E-state index in [-0.39, 0.29) is 0 Å². The topological polar surface area (TPSA) is 52.1 Å². The molecule has 2 rings (SSSR count).